The normalized spacial score (nSPS) is 16.3. The number of urea groups is 1. The highest BCUT2D eigenvalue weighted by atomic mass is 16.5. The number of hydrogen-bond donors (Lipinski definition) is 3. The molecule has 0 atom stereocenters. The minimum Gasteiger partial charge on any atom is -0.480 e. The standard InChI is InChI=1S/C10H17N3O5/c11-8(14)5-12-10(17)13-3-1-7(2-4-13)18-6-9(15)16/h7H,1-6H2,(H2,11,14)(H,12,17)(H,15,16). The summed E-state index contributed by atoms with van der Waals surface area (Å²) in [5, 5.41) is 10.9. The predicted octanol–water partition coefficient (Wildman–Crippen LogP) is -1.25. The highest BCUT2D eigenvalue weighted by Gasteiger charge is 2.23. The molecule has 0 bridgehead atoms. The molecule has 1 aliphatic rings. The lowest BCUT2D eigenvalue weighted by Crippen LogP contribution is -2.47. The third-order valence-corrected chi connectivity index (χ3v) is 2.59. The molecule has 1 saturated heterocycles. The maximum absolute atomic E-state index is 11.5. The van der Waals surface area contributed by atoms with Gasteiger partial charge in [0.1, 0.15) is 6.61 Å². The van der Waals surface area contributed by atoms with Crippen LogP contribution in [0.2, 0.25) is 0 Å². The number of nitrogens with one attached hydrogen (secondary N) is 1. The monoisotopic (exact) mass is 259 g/mol. The van der Waals surface area contributed by atoms with Crippen molar-refractivity contribution in [3.63, 3.8) is 0 Å². The van der Waals surface area contributed by atoms with E-state index in [-0.39, 0.29) is 25.3 Å². The number of piperidine rings is 1. The van der Waals surface area contributed by atoms with Gasteiger partial charge in [-0.25, -0.2) is 9.59 Å². The molecule has 0 radical (unpaired) electrons. The van der Waals surface area contributed by atoms with Crippen LogP contribution in [0.1, 0.15) is 12.8 Å². The van der Waals surface area contributed by atoms with Crippen LogP contribution in [-0.4, -0.2) is 60.3 Å². The number of rotatable bonds is 5. The van der Waals surface area contributed by atoms with Gasteiger partial charge in [-0.05, 0) is 12.8 Å². The Morgan fingerprint density at radius 3 is 2.44 bits per heavy atom. The van der Waals surface area contributed by atoms with Crippen molar-refractivity contribution in [2.45, 2.75) is 18.9 Å². The minimum atomic E-state index is -1.00. The van der Waals surface area contributed by atoms with Crippen LogP contribution >= 0.6 is 0 Å². The second-order valence-electron chi connectivity index (χ2n) is 4.02. The zero-order valence-electron chi connectivity index (χ0n) is 9.92. The van der Waals surface area contributed by atoms with Gasteiger partial charge in [0, 0.05) is 13.1 Å². The summed E-state index contributed by atoms with van der Waals surface area (Å²) in [6, 6.07) is -0.342. The van der Waals surface area contributed by atoms with Gasteiger partial charge >= 0.3 is 12.0 Å². The third-order valence-electron chi connectivity index (χ3n) is 2.59. The molecule has 1 heterocycles. The lowest BCUT2D eigenvalue weighted by atomic mass is 10.1. The van der Waals surface area contributed by atoms with Crippen molar-refractivity contribution in [3.8, 4) is 0 Å². The average Bonchev–Trinajstić information content (AvgIpc) is 2.34. The summed E-state index contributed by atoms with van der Waals surface area (Å²) in [6.45, 7) is 0.427. The topological polar surface area (TPSA) is 122 Å². The maximum atomic E-state index is 11.5. The van der Waals surface area contributed by atoms with Crippen LogP contribution in [0.4, 0.5) is 4.79 Å². The lowest BCUT2D eigenvalue weighted by molar-refractivity contribution is -0.145. The molecule has 4 N–H and O–H groups in total. The van der Waals surface area contributed by atoms with E-state index in [1.54, 1.807) is 4.90 Å². The van der Waals surface area contributed by atoms with E-state index in [1.165, 1.54) is 0 Å². The van der Waals surface area contributed by atoms with Crippen LogP contribution in [0.15, 0.2) is 0 Å². The molecule has 0 unspecified atom stereocenters. The van der Waals surface area contributed by atoms with Crippen molar-refractivity contribution in [3.05, 3.63) is 0 Å². The molecule has 0 saturated carbocycles. The molecule has 1 aliphatic heterocycles. The number of carbonyl (C=O) groups is 3. The van der Waals surface area contributed by atoms with Crippen molar-refractivity contribution in [2.75, 3.05) is 26.2 Å². The zero-order valence-corrected chi connectivity index (χ0v) is 9.92. The van der Waals surface area contributed by atoms with Crippen molar-refractivity contribution in [1.29, 1.82) is 0 Å². The maximum Gasteiger partial charge on any atom is 0.329 e. The van der Waals surface area contributed by atoms with Gasteiger partial charge in [0.15, 0.2) is 0 Å². The number of aliphatic carboxylic acids is 1. The van der Waals surface area contributed by atoms with E-state index in [9.17, 15) is 14.4 Å². The van der Waals surface area contributed by atoms with E-state index >= 15 is 0 Å². The van der Waals surface area contributed by atoms with E-state index in [1.807, 2.05) is 0 Å². The van der Waals surface area contributed by atoms with Gasteiger partial charge in [0.05, 0.1) is 12.6 Å². The highest BCUT2D eigenvalue weighted by Crippen LogP contribution is 2.13. The Balaban J connectivity index is 2.24. The van der Waals surface area contributed by atoms with E-state index in [0.29, 0.717) is 25.9 Å². The van der Waals surface area contributed by atoms with Gasteiger partial charge in [0.25, 0.3) is 0 Å². The molecule has 18 heavy (non-hydrogen) atoms. The predicted molar refractivity (Wildman–Crippen MR) is 60.8 cm³/mol. The fourth-order valence-corrected chi connectivity index (χ4v) is 1.69. The van der Waals surface area contributed by atoms with Crippen LogP contribution in [0, 0.1) is 0 Å². The van der Waals surface area contributed by atoms with Gasteiger partial charge in [-0.2, -0.15) is 0 Å². The van der Waals surface area contributed by atoms with Gasteiger partial charge in [0.2, 0.25) is 5.91 Å². The first-order valence-corrected chi connectivity index (χ1v) is 5.63. The Hall–Kier alpha value is -1.83. The summed E-state index contributed by atoms with van der Waals surface area (Å²) in [4.78, 5) is 33.9. The van der Waals surface area contributed by atoms with Crippen molar-refractivity contribution >= 4 is 17.9 Å². The molecular formula is C10H17N3O5. The number of carbonyl (C=O) groups excluding carboxylic acids is 2. The molecule has 0 aliphatic carbocycles. The van der Waals surface area contributed by atoms with Crippen molar-refractivity contribution in [2.24, 2.45) is 5.73 Å². The first kappa shape index (κ1) is 14.2. The number of likely N-dealkylation sites (tertiary alicyclic amines) is 1. The minimum absolute atomic E-state index is 0.138. The molecular weight excluding hydrogens is 242 g/mol. The lowest BCUT2D eigenvalue weighted by Gasteiger charge is -2.31. The first-order chi connectivity index (χ1) is 8.49. The van der Waals surface area contributed by atoms with Gasteiger partial charge in [-0.3, -0.25) is 4.79 Å². The number of nitrogens with two attached hydrogens (primary N) is 1. The molecule has 3 amide bonds. The summed E-state index contributed by atoms with van der Waals surface area (Å²) < 4.78 is 5.14. The zero-order chi connectivity index (χ0) is 13.5. The number of hydrogen-bond acceptors (Lipinski definition) is 4. The van der Waals surface area contributed by atoms with Crippen LogP contribution in [-0.2, 0) is 14.3 Å². The number of carboxylic acids is 1. The molecule has 8 heteroatoms. The van der Waals surface area contributed by atoms with E-state index < -0.39 is 11.9 Å². The number of nitrogens with zero attached hydrogens (tertiary/aromatic N) is 1. The summed E-state index contributed by atoms with van der Waals surface area (Å²) in [6.07, 6.45) is 1.02. The Morgan fingerprint density at radius 2 is 1.94 bits per heavy atom. The molecule has 0 aromatic rings. The second-order valence-corrected chi connectivity index (χ2v) is 4.02. The van der Waals surface area contributed by atoms with Gasteiger partial charge < -0.3 is 25.8 Å². The fourth-order valence-electron chi connectivity index (χ4n) is 1.69. The summed E-state index contributed by atoms with van der Waals surface area (Å²) in [5.74, 6) is -1.60. The molecule has 0 aromatic heterocycles. The Morgan fingerprint density at radius 1 is 1.33 bits per heavy atom. The molecule has 1 rings (SSSR count). The Labute approximate surface area is 104 Å². The van der Waals surface area contributed by atoms with E-state index in [2.05, 4.69) is 5.32 Å². The molecule has 1 fully saturated rings. The number of primary amides is 1. The summed E-state index contributed by atoms with van der Waals surface area (Å²) in [5.41, 5.74) is 4.91. The third kappa shape index (κ3) is 5.00. The van der Waals surface area contributed by atoms with Gasteiger partial charge in [-0.1, -0.05) is 0 Å². The van der Waals surface area contributed by atoms with Crippen LogP contribution < -0.4 is 11.1 Å². The van der Waals surface area contributed by atoms with Crippen LogP contribution in [0.3, 0.4) is 0 Å². The number of amides is 3. The first-order valence-electron chi connectivity index (χ1n) is 5.63. The number of ether oxygens (including phenoxy) is 1. The largest absolute Gasteiger partial charge is 0.480 e. The molecule has 0 spiro atoms. The summed E-state index contributed by atoms with van der Waals surface area (Å²) in [7, 11) is 0. The second kappa shape index (κ2) is 6.80. The average molecular weight is 259 g/mol. The van der Waals surface area contributed by atoms with Gasteiger partial charge in [-0.15, -0.1) is 0 Å². The molecule has 102 valence electrons. The van der Waals surface area contributed by atoms with E-state index in [4.69, 9.17) is 15.6 Å². The quantitative estimate of drug-likeness (QED) is 0.569. The smallest absolute Gasteiger partial charge is 0.329 e. The van der Waals surface area contributed by atoms with Crippen molar-refractivity contribution < 1.29 is 24.2 Å². The molecule has 0 aromatic carbocycles. The van der Waals surface area contributed by atoms with Crippen LogP contribution in [0.5, 0.6) is 0 Å². The fraction of sp³-hybridized carbons (Fsp3) is 0.700. The van der Waals surface area contributed by atoms with Crippen molar-refractivity contribution in [1.82, 2.24) is 10.2 Å². The summed E-state index contributed by atoms with van der Waals surface area (Å²) >= 11 is 0. The van der Waals surface area contributed by atoms with Crippen LogP contribution in [0.25, 0.3) is 0 Å². The molecule has 8 nitrogen and oxygen atoms in total. The SMILES string of the molecule is NC(=O)CNC(=O)N1CCC(OCC(=O)O)CC1. The Bertz CT molecular complexity index is 325. The highest BCUT2D eigenvalue weighted by molar-refractivity contribution is 5.82. The Kier molecular flexibility index (Phi) is 5.37. The number of carboxylic acid groups (broad SMARTS) is 1. The van der Waals surface area contributed by atoms with E-state index in [0.717, 1.165) is 0 Å².